The second-order valence-electron chi connectivity index (χ2n) is 2.34. The van der Waals surface area contributed by atoms with Crippen molar-refractivity contribution < 1.29 is 0 Å². The second kappa shape index (κ2) is 5.04. The average Bonchev–Trinajstić information content (AvgIpc) is 2.09. The van der Waals surface area contributed by atoms with Gasteiger partial charge in [0.25, 0.3) is 0 Å². The third-order valence-electron chi connectivity index (χ3n) is 1.35. The fourth-order valence-electron chi connectivity index (χ4n) is 0.777. The van der Waals surface area contributed by atoms with E-state index in [4.69, 9.17) is 28.9 Å². The van der Waals surface area contributed by atoms with Crippen LogP contribution in [-0.2, 0) is 0 Å². The molecule has 0 spiro atoms. The summed E-state index contributed by atoms with van der Waals surface area (Å²) in [5.74, 6) is 0.913. The molecule has 0 aromatic carbocycles. The lowest BCUT2D eigenvalue weighted by atomic mass is 10.3. The van der Waals surface area contributed by atoms with Gasteiger partial charge in [0, 0.05) is 5.88 Å². The normalized spacial score (nSPS) is 10.9. The topological polar surface area (TPSA) is 51.8 Å². The van der Waals surface area contributed by atoms with Crippen LogP contribution in [0.15, 0.2) is 12.3 Å². The van der Waals surface area contributed by atoms with Crippen molar-refractivity contribution in [3.8, 4) is 0 Å². The van der Waals surface area contributed by atoms with E-state index in [1.54, 1.807) is 6.08 Å². The van der Waals surface area contributed by atoms with Crippen molar-refractivity contribution in [2.24, 2.45) is 0 Å². The van der Waals surface area contributed by atoms with Crippen LogP contribution in [-0.4, -0.2) is 15.8 Å². The highest BCUT2D eigenvalue weighted by Gasteiger charge is 1.98. The molecule has 2 N–H and O–H groups in total. The van der Waals surface area contributed by atoms with Crippen LogP contribution in [0.2, 0.25) is 5.15 Å². The van der Waals surface area contributed by atoms with E-state index in [0.717, 1.165) is 6.42 Å². The predicted octanol–water partition coefficient (Wildman–Crippen LogP) is 2.35. The van der Waals surface area contributed by atoms with E-state index >= 15 is 0 Å². The molecule has 1 rings (SSSR count). The number of aromatic nitrogens is 2. The van der Waals surface area contributed by atoms with Gasteiger partial charge >= 0.3 is 0 Å². The zero-order chi connectivity index (χ0) is 9.68. The molecule has 0 saturated carbocycles. The maximum Gasteiger partial charge on any atom is 0.151 e. The minimum atomic E-state index is 0.298. The quantitative estimate of drug-likeness (QED) is 0.792. The first-order valence-electron chi connectivity index (χ1n) is 3.74. The Kier molecular flexibility index (Phi) is 3.99. The van der Waals surface area contributed by atoms with Gasteiger partial charge < -0.3 is 5.73 Å². The molecule has 0 aliphatic rings. The number of allylic oxidation sites excluding steroid dienone is 1. The number of nitrogen functional groups attached to an aromatic ring is 1. The number of hydrogen-bond donors (Lipinski definition) is 1. The molecule has 0 radical (unpaired) electrons. The zero-order valence-electron chi connectivity index (χ0n) is 6.87. The molecule has 0 atom stereocenters. The van der Waals surface area contributed by atoms with Crippen LogP contribution >= 0.6 is 23.2 Å². The van der Waals surface area contributed by atoms with Crippen molar-refractivity contribution in [2.75, 3.05) is 11.6 Å². The molecule has 0 aliphatic carbocycles. The van der Waals surface area contributed by atoms with Crippen molar-refractivity contribution in [1.82, 2.24) is 9.97 Å². The summed E-state index contributed by atoms with van der Waals surface area (Å²) >= 11 is 11.1. The third-order valence-corrected chi connectivity index (χ3v) is 1.75. The lowest BCUT2D eigenvalue weighted by Crippen LogP contribution is -1.96. The first-order valence-corrected chi connectivity index (χ1v) is 4.66. The molecule has 1 heterocycles. The van der Waals surface area contributed by atoms with Crippen molar-refractivity contribution in [3.63, 3.8) is 0 Å². The minimum absolute atomic E-state index is 0.298. The van der Waals surface area contributed by atoms with Gasteiger partial charge in [-0.3, -0.25) is 0 Å². The van der Waals surface area contributed by atoms with Gasteiger partial charge in [0.05, 0.1) is 6.20 Å². The Labute approximate surface area is 86.6 Å². The number of halogens is 2. The van der Waals surface area contributed by atoms with Crippen molar-refractivity contribution >= 4 is 35.1 Å². The smallest absolute Gasteiger partial charge is 0.151 e. The van der Waals surface area contributed by atoms with Crippen LogP contribution in [0.25, 0.3) is 6.08 Å². The van der Waals surface area contributed by atoms with Gasteiger partial charge in [0.1, 0.15) is 10.8 Å². The number of alkyl halides is 1. The molecule has 0 amide bonds. The first-order chi connectivity index (χ1) is 6.24. The van der Waals surface area contributed by atoms with E-state index in [1.807, 2.05) is 6.08 Å². The largest absolute Gasteiger partial charge is 0.382 e. The van der Waals surface area contributed by atoms with E-state index in [9.17, 15) is 0 Å². The monoisotopic (exact) mass is 217 g/mol. The van der Waals surface area contributed by atoms with E-state index < -0.39 is 0 Å². The van der Waals surface area contributed by atoms with E-state index in [1.165, 1.54) is 6.20 Å². The van der Waals surface area contributed by atoms with Crippen LogP contribution in [0.4, 0.5) is 5.82 Å². The van der Waals surface area contributed by atoms with E-state index in [-0.39, 0.29) is 0 Å². The summed E-state index contributed by atoms with van der Waals surface area (Å²) in [6.07, 6.45) is 5.91. The van der Waals surface area contributed by atoms with Crippen LogP contribution in [0.3, 0.4) is 0 Å². The average molecular weight is 218 g/mol. The zero-order valence-corrected chi connectivity index (χ0v) is 8.39. The Hall–Kier alpha value is -0.800. The Balaban J connectivity index is 2.77. The molecule has 70 valence electrons. The van der Waals surface area contributed by atoms with Gasteiger partial charge in [0.15, 0.2) is 5.82 Å². The lowest BCUT2D eigenvalue weighted by Gasteiger charge is -1.97. The van der Waals surface area contributed by atoms with Gasteiger partial charge in [-0.2, -0.15) is 0 Å². The maximum atomic E-state index is 5.58. The molecule has 0 fully saturated rings. The Bertz CT molecular complexity index is 312. The van der Waals surface area contributed by atoms with Crippen molar-refractivity contribution in [3.05, 3.63) is 23.1 Å². The van der Waals surface area contributed by atoms with E-state index in [0.29, 0.717) is 22.5 Å². The van der Waals surface area contributed by atoms with Crippen LogP contribution < -0.4 is 5.73 Å². The van der Waals surface area contributed by atoms with Crippen LogP contribution in [0.5, 0.6) is 0 Å². The summed E-state index contributed by atoms with van der Waals surface area (Å²) in [6, 6.07) is 0. The molecular formula is C8H9Cl2N3. The fourth-order valence-corrected chi connectivity index (χ4v) is 1.04. The summed E-state index contributed by atoms with van der Waals surface area (Å²) in [6.45, 7) is 0. The van der Waals surface area contributed by atoms with Crippen LogP contribution in [0, 0.1) is 0 Å². The van der Waals surface area contributed by atoms with Gasteiger partial charge in [0.2, 0.25) is 0 Å². The fraction of sp³-hybridized carbons (Fsp3) is 0.250. The second-order valence-corrected chi connectivity index (χ2v) is 3.11. The van der Waals surface area contributed by atoms with Gasteiger partial charge in [-0.25, -0.2) is 9.97 Å². The number of anilines is 1. The highest BCUT2D eigenvalue weighted by atomic mass is 35.5. The molecule has 1 aromatic heterocycles. The SMILES string of the molecule is Nc1nc(Cl)cnc1C=CCCCl. The third kappa shape index (κ3) is 3.20. The Morgan fingerprint density at radius 1 is 1.54 bits per heavy atom. The standard InChI is InChI=1S/C8H9Cl2N3/c9-4-2-1-3-6-8(11)13-7(10)5-12-6/h1,3,5H,2,4H2,(H2,11,13). The molecule has 0 unspecified atom stereocenters. The van der Waals surface area contributed by atoms with Crippen LogP contribution in [0.1, 0.15) is 12.1 Å². The number of hydrogen-bond acceptors (Lipinski definition) is 3. The Morgan fingerprint density at radius 3 is 2.92 bits per heavy atom. The molecular weight excluding hydrogens is 209 g/mol. The molecule has 0 bridgehead atoms. The lowest BCUT2D eigenvalue weighted by molar-refractivity contribution is 1.18. The highest BCUT2D eigenvalue weighted by Crippen LogP contribution is 2.11. The molecule has 3 nitrogen and oxygen atoms in total. The van der Waals surface area contributed by atoms with E-state index in [2.05, 4.69) is 9.97 Å². The first kappa shape index (κ1) is 10.3. The molecule has 1 aromatic rings. The summed E-state index contributed by atoms with van der Waals surface area (Å²) in [5, 5.41) is 0.298. The van der Waals surface area contributed by atoms with Crippen molar-refractivity contribution in [1.29, 1.82) is 0 Å². The van der Waals surface area contributed by atoms with Gasteiger partial charge in [-0.05, 0) is 12.5 Å². The molecule has 13 heavy (non-hydrogen) atoms. The summed E-state index contributed by atoms with van der Waals surface area (Å²) in [7, 11) is 0. The number of rotatable bonds is 3. The van der Waals surface area contributed by atoms with Gasteiger partial charge in [-0.15, -0.1) is 11.6 Å². The molecule has 5 heteroatoms. The highest BCUT2D eigenvalue weighted by molar-refractivity contribution is 6.29. The predicted molar refractivity (Wildman–Crippen MR) is 55.8 cm³/mol. The summed E-state index contributed by atoms with van der Waals surface area (Å²) in [5.41, 5.74) is 6.18. The molecule has 0 aliphatic heterocycles. The van der Waals surface area contributed by atoms with Crippen molar-refractivity contribution in [2.45, 2.75) is 6.42 Å². The Morgan fingerprint density at radius 2 is 2.31 bits per heavy atom. The maximum absolute atomic E-state index is 5.58. The minimum Gasteiger partial charge on any atom is -0.382 e. The molecule has 0 saturated heterocycles. The number of nitrogens with zero attached hydrogens (tertiary/aromatic N) is 2. The summed E-state index contributed by atoms with van der Waals surface area (Å²) < 4.78 is 0. The number of nitrogens with two attached hydrogens (primary N) is 1. The van der Waals surface area contributed by atoms with Gasteiger partial charge in [-0.1, -0.05) is 17.7 Å². The summed E-state index contributed by atoms with van der Waals surface area (Å²) in [4.78, 5) is 7.85.